The third kappa shape index (κ3) is 7.13. The van der Waals surface area contributed by atoms with Gasteiger partial charge in [0.05, 0.1) is 28.4 Å². The lowest BCUT2D eigenvalue weighted by Crippen LogP contribution is -2.42. The first kappa shape index (κ1) is 35.9. The molecule has 6 nitrogen and oxygen atoms in total. The molecule has 0 amide bonds. The lowest BCUT2D eigenvalue weighted by molar-refractivity contribution is -0.248. The van der Waals surface area contributed by atoms with Crippen molar-refractivity contribution >= 4 is 11.5 Å². The van der Waals surface area contributed by atoms with E-state index in [2.05, 4.69) is 57.2 Å². The molecule has 0 saturated carbocycles. The molecule has 0 heterocycles. The van der Waals surface area contributed by atoms with Crippen LogP contribution in [0.2, 0.25) is 0 Å². The Morgan fingerprint density at radius 3 is 1.59 bits per heavy atom. The zero-order valence-electron chi connectivity index (χ0n) is 29.9. The highest BCUT2D eigenvalue weighted by Crippen LogP contribution is 2.50. The first-order valence-corrected chi connectivity index (χ1v) is 17.3. The number of benzene rings is 2. The van der Waals surface area contributed by atoms with E-state index in [1.165, 1.54) is 59.9 Å². The number of ether oxygens (including phenoxy) is 6. The Labute approximate surface area is 278 Å². The van der Waals surface area contributed by atoms with Crippen LogP contribution in [-0.4, -0.2) is 48.4 Å². The summed E-state index contributed by atoms with van der Waals surface area (Å²) in [5, 5.41) is 0. The van der Waals surface area contributed by atoms with Crippen molar-refractivity contribution < 1.29 is 28.4 Å². The van der Waals surface area contributed by atoms with E-state index in [0.29, 0.717) is 0 Å². The minimum Gasteiger partial charge on any atom is -0.497 e. The molecule has 0 aliphatic heterocycles. The molecule has 0 bridgehead atoms. The molecular formula is C40H58O6. The quantitative estimate of drug-likeness (QED) is 0.107. The van der Waals surface area contributed by atoms with E-state index in [-0.39, 0.29) is 17.8 Å². The largest absolute Gasteiger partial charge is 0.497 e. The predicted molar refractivity (Wildman–Crippen MR) is 186 cm³/mol. The minimum absolute atomic E-state index is 0.0752. The van der Waals surface area contributed by atoms with Crippen LogP contribution in [0.25, 0.3) is 11.5 Å². The van der Waals surface area contributed by atoms with Crippen molar-refractivity contribution in [3.8, 4) is 0 Å². The van der Waals surface area contributed by atoms with Gasteiger partial charge in [0.25, 0.3) is 0 Å². The van der Waals surface area contributed by atoms with Crippen molar-refractivity contribution in [1.29, 1.82) is 0 Å². The van der Waals surface area contributed by atoms with Gasteiger partial charge in [-0.3, -0.25) is 0 Å². The lowest BCUT2D eigenvalue weighted by atomic mass is 9.80. The summed E-state index contributed by atoms with van der Waals surface area (Å²) in [6, 6.07) is 13.0. The maximum Gasteiger partial charge on any atom is 0.170 e. The normalized spacial score (nSPS) is 18.1. The van der Waals surface area contributed by atoms with Gasteiger partial charge in [-0.25, -0.2) is 0 Å². The van der Waals surface area contributed by atoms with Crippen LogP contribution in [0.1, 0.15) is 123 Å². The third-order valence-corrected chi connectivity index (χ3v) is 10.5. The Kier molecular flexibility index (Phi) is 13.1. The van der Waals surface area contributed by atoms with Crippen LogP contribution < -0.4 is 0 Å². The molecule has 46 heavy (non-hydrogen) atoms. The Hall–Kier alpha value is -2.96. The Morgan fingerprint density at radius 2 is 1.11 bits per heavy atom. The highest BCUT2D eigenvalue weighted by atomic mass is 16.7. The maximum absolute atomic E-state index is 6.46. The summed E-state index contributed by atoms with van der Waals surface area (Å²) >= 11 is 0. The molecule has 254 valence electrons. The fourth-order valence-electron chi connectivity index (χ4n) is 8.17. The van der Waals surface area contributed by atoms with E-state index in [1.807, 2.05) is 14.2 Å². The third-order valence-electron chi connectivity index (χ3n) is 10.5. The van der Waals surface area contributed by atoms with E-state index in [0.717, 1.165) is 67.1 Å². The monoisotopic (exact) mass is 634 g/mol. The van der Waals surface area contributed by atoms with Crippen molar-refractivity contribution in [3.63, 3.8) is 0 Å². The smallest absolute Gasteiger partial charge is 0.170 e. The summed E-state index contributed by atoms with van der Waals surface area (Å²) in [4.78, 5) is 0. The molecule has 2 aliphatic rings. The number of rotatable bonds is 20. The SMILES string of the molecule is CCCCCCCCC(CCC1C(OC)=C(OC)c2c(C)cccc21)C(CCC1C(OC)=C(OC)c2c(C)cccc21)(OC)OC. The molecular weight excluding hydrogens is 576 g/mol. The van der Waals surface area contributed by atoms with Gasteiger partial charge in [0.2, 0.25) is 0 Å². The molecule has 2 aromatic carbocycles. The van der Waals surface area contributed by atoms with Crippen LogP contribution in [0.5, 0.6) is 0 Å². The highest BCUT2D eigenvalue weighted by Gasteiger charge is 2.43. The molecule has 2 aromatic rings. The number of hydrogen-bond acceptors (Lipinski definition) is 6. The second-order valence-corrected chi connectivity index (χ2v) is 13.0. The molecule has 0 saturated heterocycles. The lowest BCUT2D eigenvalue weighted by Gasteiger charge is -2.40. The summed E-state index contributed by atoms with van der Waals surface area (Å²) in [5.41, 5.74) is 7.27. The summed E-state index contributed by atoms with van der Waals surface area (Å²) in [6.45, 7) is 6.56. The van der Waals surface area contributed by atoms with Gasteiger partial charge in [0, 0.05) is 49.5 Å². The van der Waals surface area contributed by atoms with E-state index in [9.17, 15) is 0 Å². The van der Waals surface area contributed by atoms with Gasteiger partial charge in [-0.15, -0.1) is 0 Å². The van der Waals surface area contributed by atoms with Gasteiger partial charge in [0.15, 0.2) is 17.3 Å². The van der Waals surface area contributed by atoms with Gasteiger partial charge < -0.3 is 28.4 Å². The molecule has 3 unspecified atom stereocenters. The Bertz CT molecular complexity index is 1350. The average Bonchev–Trinajstić information content (AvgIpc) is 3.57. The summed E-state index contributed by atoms with van der Waals surface area (Å²) < 4.78 is 36.8. The number of hydrogen-bond donors (Lipinski definition) is 0. The molecule has 0 aromatic heterocycles. The van der Waals surface area contributed by atoms with Crippen molar-refractivity contribution in [3.05, 3.63) is 81.3 Å². The molecule has 6 heteroatoms. The van der Waals surface area contributed by atoms with Crippen LogP contribution in [0.4, 0.5) is 0 Å². The second kappa shape index (κ2) is 16.7. The molecule has 2 aliphatic carbocycles. The average molecular weight is 635 g/mol. The Balaban J connectivity index is 1.61. The fourth-order valence-corrected chi connectivity index (χ4v) is 8.17. The standard InChI is InChI=1S/C40H58O6/c1-10-11-12-13-14-15-20-29(23-24-32-30-21-16-18-27(2)34(30)38(43-6)36(32)41-4)40(45-8,46-9)26-25-33-31-22-17-19-28(3)35(31)39(44-7)37(33)42-5/h16-19,21-22,29,32-33H,10-15,20,23-26H2,1-9H3. The van der Waals surface area contributed by atoms with Crippen LogP contribution >= 0.6 is 0 Å². The van der Waals surface area contributed by atoms with E-state index < -0.39 is 5.79 Å². The molecule has 0 fully saturated rings. The van der Waals surface area contributed by atoms with Crippen LogP contribution in [0.3, 0.4) is 0 Å². The zero-order valence-corrected chi connectivity index (χ0v) is 29.9. The van der Waals surface area contributed by atoms with Crippen molar-refractivity contribution in [2.45, 2.75) is 109 Å². The van der Waals surface area contributed by atoms with Crippen LogP contribution in [-0.2, 0) is 28.4 Å². The summed E-state index contributed by atoms with van der Waals surface area (Å²) in [5.74, 6) is 3.18. The molecule has 0 radical (unpaired) electrons. The molecule has 3 atom stereocenters. The highest BCUT2D eigenvalue weighted by molar-refractivity contribution is 5.76. The molecule has 4 rings (SSSR count). The first-order chi connectivity index (χ1) is 22.4. The zero-order chi connectivity index (χ0) is 33.3. The predicted octanol–water partition coefficient (Wildman–Crippen LogP) is 10.0. The van der Waals surface area contributed by atoms with Gasteiger partial charge in [-0.1, -0.05) is 81.8 Å². The fraction of sp³-hybridized carbons (Fsp3) is 0.600. The summed E-state index contributed by atoms with van der Waals surface area (Å²) in [7, 11) is 10.6. The van der Waals surface area contributed by atoms with E-state index in [1.54, 1.807) is 28.4 Å². The van der Waals surface area contributed by atoms with Gasteiger partial charge in [0.1, 0.15) is 11.5 Å². The number of aryl methyl sites for hydroxylation is 2. The molecule has 0 N–H and O–H groups in total. The first-order valence-electron chi connectivity index (χ1n) is 17.3. The number of allylic oxidation sites excluding steroid dienone is 2. The van der Waals surface area contributed by atoms with E-state index in [4.69, 9.17) is 28.4 Å². The topological polar surface area (TPSA) is 55.4 Å². The minimum atomic E-state index is -0.739. The molecule has 0 spiro atoms. The van der Waals surface area contributed by atoms with Gasteiger partial charge >= 0.3 is 0 Å². The van der Waals surface area contributed by atoms with Crippen LogP contribution in [0.15, 0.2) is 47.9 Å². The number of methoxy groups -OCH3 is 6. The number of unbranched alkanes of at least 4 members (excludes halogenated alkanes) is 5. The van der Waals surface area contributed by atoms with Crippen molar-refractivity contribution in [1.82, 2.24) is 0 Å². The van der Waals surface area contributed by atoms with Gasteiger partial charge in [-0.05, 0) is 61.8 Å². The van der Waals surface area contributed by atoms with E-state index >= 15 is 0 Å². The van der Waals surface area contributed by atoms with Crippen molar-refractivity contribution in [2.75, 3.05) is 42.7 Å². The van der Waals surface area contributed by atoms with Crippen LogP contribution in [0, 0.1) is 19.8 Å². The van der Waals surface area contributed by atoms with Gasteiger partial charge in [-0.2, -0.15) is 0 Å². The summed E-state index contributed by atoms with van der Waals surface area (Å²) in [6.07, 6.45) is 12.0. The Morgan fingerprint density at radius 1 is 0.609 bits per heavy atom. The number of fused-ring (bicyclic) bond motifs is 2. The maximum atomic E-state index is 6.46. The van der Waals surface area contributed by atoms with Crippen molar-refractivity contribution in [2.24, 2.45) is 5.92 Å². The second-order valence-electron chi connectivity index (χ2n) is 13.0.